The zero-order chi connectivity index (χ0) is 14.9. The molecule has 0 aliphatic heterocycles. The van der Waals surface area contributed by atoms with Gasteiger partial charge >= 0.3 is 0 Å². The fourth-order valence-electron chi connectivity index (χ4n) is 2.20. The molecule has 0 spiro atoms. The van der Waals surface area contributed by atoms with Gasteiger partial charge in [-0.3, -0.25) is 9.78 Å². The summed E-state index contributed by atoms with van der Waals surface area (Å²) in [6.07, 6.45) is 3.77. The van der Waals surface area contributed by atoms with Crippen LogP contribution in [-0.2, 0) is 4.43 Å². The first-order valence-electron chi connectivity index (χ1n) is 7.26. The Hall–Kier alpha value is -1.00. The lowest BCUT2D eigenvalue weighted by Crippen LogP contribution is -2.26. The number of carbonyl (C=O) groups excluding carboxylic acids is 1. The Labute approximate surface area is 123 Å². The zero-order valence-corrected chi connectivity index (χ0v) is 14.1. The van der Waals surface area contributed by atoms with Gasteiger partial charge in [0, 0.05) is 17.7 Å². The lowest BCUT2D eigenvalue weighted by molar-refractivity contribution is 0.0826. The van der Waals surface area contributed by atoms with Crippen LogP contribution < -0.4 is 0 Å². The van der Waals surface area contributed by atoms with Crippen molar-refractivity contribution in [3.8, 4) is 0 Å². The minimum atomic E-state index is -0.799. The number of rotatable bonds is 5. The van der Waals surface area contributed by atoms with Gasteiger partial charge in [0.2, 0.25) is 9.04 Å². The highest BCUT2D eigenvalue weighted by molar-refractivity contribution is 6.48. The maximum atomic E-state index is 12.0. The molecule has 1 saturated carbocycles. The van der Waals surface area contributed by atoms with E-state index in [4.69, 9.17) is 4.43 Å². The minimum Gasteiger partial charge on any atom is -0.408 e. The first kappa shape index (κ1) is 15.4. The van der Waals surface area contributed by atoms with Crippen LogP contribution in [0.2, 0.25) is 13.1 Å². The molecule has 1 heterocycles. The molecule has 1 aliphatic carbocycles. The maximum absolute atomic E-state index is 12.0. The number of hydrogen-bond acceptors (Lipinski definition) is 3. The summed E-state index contributed by atoms with van der Waals surface area (Å²) in [4.78, 5) is 16.5. The van der Waals surface area contributed by atoms with E-state index in [2.05, 4.69) is 38.8 Å². The zero-order valence-electron chi connectivity index (χ0n) is 13.1. The smallest absolute Gasteiger partial charge is 0.205 e. The second-order valence-corrected chi connectivity index (χ2v) is 8.93. The van der Waals surface area contributed by atoms with E-state index in [1.807, 2.05) is 12.1 Å². The maximum Gasteiger partial charge on any atom is 0.205 e. The predicted octanol–water partition coefficient (Wildman–Crippen LogP) is 4.03. The van der Waals surface area contributed by atoms with Gasteiger partial charge in [0.1, 0.15) is 0 Å². The van der Waals surface area contributed by atoms with Crippen LogP contribution in [-0.4, -0.2) is 19.8 Å². The van der Waals surface area contributed by atoms with Gasteiger partial charge in [-0.05, 0) is 43.5 Å². The van der Waals surface area contributed by atoms with Crippen molar-refractivity contribution in [2.24, 2.45) is 11.3 Å². The molecular weight excluding hydrogens is 266 g/mol. The second kappa shape index (κ2) is 5.78. The van der Waals surface area contributed by atoms with E-state index < -0.39 is 9.04 Å². The van der Waals surface area contributed by atoms with Gasteiger partial charge in [-0.15, -0.1) is 0 Å². The summed E-state index contributed by atoms with van der Waals surface area (Å²) in [7, 11) is -0.799. The molecule has 1 aromatic heterocycles. The molecule has 1 aliphatic rings. The Morgan fingerprint density at radius 1 is 1.35 bits per heavy atom. The first-order chi connectivity index (χ1) is 9.29. The Morgan fingerprint density at radius 3 is 2.40 bits per heavy atom. The van der Waals surface area contributed by atoms with Crippen LogP contribution in [0.15, 0.2) is 18.3 Å². The quantitative estimate of drug-likeness (QED) is 0.607. The number of pyridine rings is 1. The van der Waals surface area contributed by atoms with Gasteiger partial charge in [0.05, 0.1) is 11.8 Å². The molecule has 1 atom stereocenters. The molecule has 1 aromatic rings. The van der Waals surface area contributed by atoms with E-state index in [9.17, 15) is 4.79 Å². The van der Waals surface area contributed by atoms with E-state index >= 15 is 0 Å². The number of Topliss-reactive ketones (excluding diaryl/α,β-unsaturated/α-hetero) is 1. The lowest BCUT2D eigenvalue weighted by Gasteiger charge is -2.31. The molecule has 3 nitrogen and oxygen atoms in total. The Bertz CT molecular complexity index is 472. The van der Waals surface area contributed by atoms with Crippen LogP contribution in [0.1, 0.15) is 55.8 Å². The van der Waals surface area contributed by atoms with Crippen LogP contribution in [0.25, 0.3) is 0 Å². The molecule has 109 valence electrons. The normalized spacial score (nSPS) is 17.3. The topological polar surface area (TPSA) is 39.2 Å². The van der Waals surface area contributed by atoms with E-state index in [0.29, 0.717) is 0 Å². The molecule has 0 bridgehead atoms. The number of hydrogen-bond donors (Lipinski definition) is 0. The molecule has 0 amide bonds. The Morgan fingerprint density at radius 2 is 2.00 bits per heavy atom. The highest BCUT2D eigenvalue weighted by Crippen LogP contribution is 2.36. The molecule has 1 fully saturated rings. The van der Waals surface area contributed by atoms with E-state index in [1.165, 1.54) is 0 Å². The molecule has 4 heteroatoms. The van der Waals surface area contributed by atoms with Crippen molar-refractivity contribution in [1.29, 1.82) is 0 Å². The highest BCUT2D eigenvalue weighted by Gasteiger charge is 2.32. The van der Waals surface area contributed by atoms with Crippen molar-refractivity contribution in [1.82, 2.24) is 4.98 Å². The third-order valence-electron chi connectivity index (χ3n) is 3.43. The van der Waals surface area contributed by atoms with Gasteiger partial charge < -0.3 is 4.43 Å². The van der Waals surface area contributed by atoms with Crippen LogP contribution in [0.4, 0.5) is 0 Å². The lowest BCUT2D eigenvalue weighted by atomic mass is 9.87. The predicted molar refractivity (Wildman–Crippen MR) is 82.1 cm³/mol. The number of carbonyl (C=O) groups is 1. The van der Waals surface area contributed by atoms with Gasteiger partial charge in [-0.25, -0.2) is 0 Å². The molecule has 0 N–H and O–H groups in total. The van der Waals surface area contributed by atoms with Crippen molar-refractivity contribution in [3.05, 3.63) is 29.6 Å². The fourth-order valence-corrected chi connectivity index (χ4v) is 3.15. The van der Waals surface area contributed by atoms with Gasteiger partial charge in [-0.1, -0.05) is 20.8 Å². The number of nitrogens with zero attached hydrogens (tertiary/aromatic N) is 1. The van der Waals surface area contributed by atoms with E-state index in [0.717, 1.165) is 24.1 Å². The largest absolute Gasteiger partial charge is 0.408 e. The summed E-state index contributed by atoms with van der Waals surface area (Å²) in [6.45, 7) is 10.7. The molecule has 0 saturated heterocycles. The van der Waals surface area contributed by atoms with Gasteiger partial charge in [0.25, 0.3) is 0 Å². The van der Waals surface area contributed by atoms with Crippen LogP contribution in [0.5, 0.6) is 0 Å². The summed E-state index contributed by atoms with van der Waals surface area (Å²) in [5.41, 5.74) is 1.66. The highest BCUT2D eigenvalue weighted by atomic mass is 28.3. The first-order valence-corrected chi connectivity index (χ1v) is 9.67. The number of aromatic nitrogens is 1. The van der Waals surface area contributed by atoms with Crippen molar-refractivity contribution >= 4 is 14.8 Å². The molecule has 1 unspecified atom stereocenters. The van der Waals surface area contributed by atoms with Crippen molar-refractivity contribution < 1.29 is 9.22 Å². The standard InChI is InChI=1S/C16H24NO2Si/c1-16(2,3)15(19-20(4)5)13-9-8-12(10-17-13)14(18)11-6-7-11/h8-11,15H,6-7H2,1-5H3. The fraction of sp³-hybridized carbons (Fsp3) is 0.625. The molecule has 0 aromatic carbocycles. The molecule has 1 radical (unpaired) electrons. The van der Waals surface area contributed by atoms with Crippen molar-refractivity contribution in [2.75, 3.05) is 0 Å². The Kier molecular flexibility index (Phi) is 4.45. The summed E-state index contributed by atoms with van der Waals surface area (Å²) in [5.74, 6) is 0.492. The average molecular weight is 290 g/mol. The molecule has 20 heavy (non-hydrogen) atoms. The summed E-state index contributed by atoms with van der Waals surface area (Å²) < 4.78 is 6.12. The number of ketones is 1. The molecular formula is C16H24NO2Si. The monoisotopic (exact) mass is 290 g/mol. The van der Waals surface area contributed by atoms with Gasteiger partial charge in [0.15, 0.2) is 5.78 Å². The van der Waals surface area contributed by atoms with Crippen molar-refractivity contribution in [3.63, 3.8) is 0 Å². The molecule has 2 rings (SSSR count). The third-order valence-corrected chi connectivity index (χ3v) is 4.13. The summed E-state index contributed by atoms with van der Waals surface area (Å²) in [5, 5.41) is 0. The van der Waals surface area contributed by atoms with E-state index in [1.54, 1.807) is 6.20 Å². The van der Waals surface area contributed by atoms with Crippen LogP contribution in [0, 0.1) is 11.3 Å². The van der Waals surface area contributed by atoms with Crippen LogP contribution >= 0.6 is 0 Å². The average Bonchev–Trinajstić information content (AvgIpc) is 3.18. The van der Waals surface area contributed by atoms with E-state index in [-0.39, 0.29) is 23.2 Å². The Balaban J connectivity index is 2.19. The van der Waals surface area contributed by atoms with Crippen LogP contribution in [0.3, 0.4) is 0 Å². The summed E-state index contributed by atoms with van der Waals surface area (Å²) >= 11 is 0. The van der Waals surface area contributed by atoms with Gasteiger partial charge in [-0.2, -0.15) is 0 Å². The minimum absolute atomic E-state index is 0.00302. The third kappa shape index (κ3) is 3.76. The summed E-state index contributed by atoms with van der Waals surface area (Å²) in [6, 6.07) is 3.86. The second-order valence-electron chi connectivity index (χ2n) is 6.88. The van der Waals surface area contributed by atoms with Crippen molar-refractivity contribution in [2.45, 2.75) is 52.8 Å². The SMILES string of the molecule is C[Si](C)OC(c1ccc(C(=O)C2CC2)cn1)C(C)(C)C.